The molecule has 0 saturated heterocycles. The second kappa shape index (κ2) is 7.87. The molecule has 142 valence electrons. The summed E-state index contributed by atoms with van der Waals surface area (Å²) in [6.07, 6.45) is -3.05. The molecule has 0 fully saturated rings. The van der Waals surface area contributed by atoms with Crippen LogP contribution in [0.2, 0.25) is 0 Å². The van der Waals surface area contributed by atoms with Gasteiger partial charge >= 0.3 is 6.18 Å². The topological polar surface area (TPSA) is 48.7 Å². The van der Waals surface area contributed by atoms with Crippen LogP contribution in [0.5, 0.6) is 0 Å². The van der Waals surface area contributed by atoms with Crippen LogP contribution in [0.15, 0.2) is 54.0 Å². The van der Waals surface area contributed by atoms with Gasteiger partial charge in [-0.1, -0.05) is 18.2 Å². The van der Waals surface area contributed by atoms with E-state index in [0.717, 1.165) is 29.0 Å². The fourth-order valence-corrected chi connectivity index (χ4v) is 3.31. The SMILES string of the molecule is Cc1ccc(-c2csc(/C(C#N)=C\Nc3cccc(C(F)(F)F)c3)n2)cc1C. The molecule has 0 amide bonds. The Labute approximate surface area is 164 Å². The van der Waals surface area contributed by atoms with Crippen molar-refractivity contribution in [2.75, 3.05) is 5.32 Å². The van der Waals surface area contributed by atoms with Crippen molar-refractivity contribution in [1.29, 1.82) is 5.26 Å². The zero-order valence-electron chi connectivity index (χ0n) is 15.1. The first-order valence-electron chi connectivity index (χ1n) is 8.35. The highest BCUT2D eigenvalue weighted by molar-refractivity contribution is 7.11. The molecule has 0 bridgehead atoms. The Morgan fingerprint density at radius 3 is 2.61 bits per heavy atom. The van der Waals surface area contributed by atoms with Crippen molar-refractivity contribution < 1.29 is 13.2 Å². The maximum absolute atomic E-state index is 12.8. The summed E-state index contributed by atoms with van der Waals surface area (Å²) in [6.45, 7) is 4.05. The molecule has 0 spiro atoms. The van der Waals surface area contributed by atoms with Crippen molar-refractivity contribution in [3.8, 4) is 17.3 Å². The molecular formula is C21H16F3N3S. The molecule has 3 nitrogen and oxygen atoms in total. The lowest BCUT2D eigenvalue weighted by Gasteiger charge is -2.08. The van der Waals surface area contributed by atoms with Gasteiger partial charge in [-0.2, -0.15) is 18.4 Å². The Bertz CT molecular complexity index is 1070. The van der Waals surface area contributed by atoms with Gasteiger partial charge in [-0.05, 0) is 49.2 Å². The second-order valence-corrected chi connectivity index (χ2v) is 7.09. The third-order valence-electron chi connectivity index (χ3n) is 4.23. The molecule has 0 unspecified atom stereocenters. The van der Waals surface area contributed by atoms with Crippen molar-refractivity contribution in [2.24, 2.45) is 0 Å². The number of thiazole rings is 1. The van der Waals surface area contributed by atoms with Gasteiger partial charge < -0.3 is 5.32 Å². The van der Waals surface area contributed by atoms with Crippen LogP contribution in [-0.2, 0) is 6.18 Å². The lowest BCUT2D eigenvalue weighted by atomic mass is 10.1. The first-order valence-corrected chi connectivity index (χ1v) is 9.23. The summed E-state index contributed by atoms with van der Waals surface area (Å²) in [7, 11) is 0. The van der Waals surface area contributed by atoms with Crippen LogP contribution in [0.3, 0.4) is 0 Å². The minimum atomic E-state index is -4.42. The summed E-state index contributed by atoms with van der Waals surface area (Å²) >= 11 is 1.31. The Morgan fingerprint density at radius 2 is 1.93 bits per heavy atom. The molecule has 1 N–H and O–H groups in total. The number of hydrogen-bond donors (Lipinski definition) is 1. The van der Waals surface area contributed by atoms with Crippen molar-refractivity contribution in [2.45, 2.75) is 20.0 Å². The van der Waals surface area contributed by atoms with Gasteiger partial charge in [0.05, 0.1) is 11.3 Å². The number of anilines is 1. The quantitative estimate of drug-likeness (QED) is 0.515. The lowest BCUT2D eigenvalue weighted by molar-refractivity contribution is -0.137. The third-order valence-corrected chi connectivity index (χ3v) is 5.11. The van der Waals surface area contributed by atoms with E-state index in [9.17, 15) is 18.4 Å². The molecule has 0 radical (unpaired) electrons. The summed E-state index contributed by atoms with van der Waals surface area (Å²) in [6, 6.07) is 12.9. The number of nitrogens with one attached hydrogen (secondary N) is 1. The molecule has 1 heterocycles. The molecule has 28 heavy (non-hydrogen) atoms. The van der Waals surface area contributed by atoms with Crippen LogP contribution in [0, 0.1) is 25.2 Å². The van der Waals surface area contributed by atoms with Crippen molar-refractivity contribution in [3.63, 3.8) is 0 Å². The van der Waals surface area contributed by atoms with Crippen LogP contribution in [0.4, 0.5) is 18.9 Å². The smallest absolute Gasteiger partial charge is 0.360 e. The molecule has 7 heteroatoms. The fraction of sp³-hybridized carbons (Fsp3) is 0.143. The summed E-state index contributed by atoms with van der Waals surface area (Å²) in [4.78, 5) is 4.50. The van der Waals surface area contributed by atoms with Crippen molar-refractivity contribution in [1.82, 2.24) is 4.98 Å². The number of allylic oxidation sites excluding steroid dienone is 1. The molecule has 0 aliphatic rings. The summed E-state index contributed by atoms with van der Waals surface area (Å²) < 4.78 is 38.4. The van der Waals surface area contributed by atoms with E-state index in [2.05, 4.69) is 10.3 Å². The molecule has 0 saturated carbocycles. The Morgan fingerprint density at radius 1 is 1.14 bits per heavy atom. The highest BCUT2D eigenvalue weighted by Crippen LogP contribution is 2.31. The third kappa shape index (κ3) is 4.41. The summed E-state index contributed by atoms with van der Waals surface area (Å²) in [5.74, 6) is 0. The van der Waals surface area contributed by atoms with Crippen LogP contribution >= 0.6 is 11.3 Å². The first-order chi connectivity index (χ1) is 13.3. The zero-order valence-corrected chi connectivity index (χ0v) is 15.9. The second-order valence-electron chi connectivity index (χ2n) is 6.23. The number of rotatable bonds is 4. The van der Waals surface area contributed by atoms with E-state index in [1.54, 1.807) is 0 Å². The van der Waals surface area contributed by atoms with E-state index in [-0.39, 0.29) is 11.3 Å². The molecule has 3 aromatic rings. The number of nitriles is 1. The van der Waals surface area contributed by atoms with E-state index in [1.807, 2.05) is 43.5 Å². The van der Waals surface area contributed by atoms with Crippen molar-refractivity contribution in [3.05, 3.63) is 75.7 Å². The summed E-state index contributed by atoms with van der Waals surface area (Å²) in [5, 5.41) is 14.5. The molecule has 0 aliphatic heterocycles. The minimum absolute atomic E-state index is 0.244. The zero-order chi connectivity index (χ0) is 20.3. The molecular weight excluding hydrogens is 383 g/mol. The van der Waals surface area contributed by atoms with Crippen molar-refractivity contribution >= 4 is 22.6 Å². The Balaban J connectivity index is 1.83. The maximum Gasteiger partial charge on any atom is 0.416 e. The molecule has 0 aliphatic carbocycles. The standard InChI is InChI=1S/C21H16F3N3S/c1-13-6-7-15(8-14(13)2)19-12-28-20(27-19)16(10-25)11-26-18-5-3-4-17(9-18)21(22,23)24/h3-9,11-12,26H,1-2H3/b16-11-. The van der Waals surface area contributed by atoms with Crippen LogP contribution < -0.4 is 5.32 Å². The van der Waals surface area contributed by atoms with Gasteiger partial charge in [-0.25, -0.2) is 4.98 Å². The predicted molar refractivity (Wildman–Crippen MR) is 106 cm³/mol. The molecule has 2 aromatic carbocycles. The number of nitrogens with zero attached hydrogens (tertiary/aromatic N) is 2. The maximum atomic E-state index is 12.8. The number of alkyl halides is 3. The van der Waals surface area contributed by atoms with Crippen LogP contribution in [0.1, 0.15) is 21.7 Å². The number of hydrogen-bond acceptors (Lipinski definition) is 4. The van der Waals surface area contributed by atoms with Gasteiger partial charge in [0.2, 0.25) is 0 Å². The highest BCUT2D eigenvalue weighted by Gasteiger charge is 2.30. The van der Waals surface area contributed by atoms with E-state index in [1.165, 1.54) is 35.2 Å². The van der Waals surface area contributed by atoms with Gasteiger partial charge in [0.15, 0.2) is 0 Å². The predicted octanol–water partition coefficient (Wildman–Crippen LogP) is 6.42. The minimum Gasteiger partial charge on any atom is -0.360 e. The first kappa shape index (κ1) is 19.6. The lowest BCUT2D eigenvalue weighted by Crippen LogP contribution is -2.05. The Kier molecular flexibility index (Phi) is 5.52. The van der Waals surface area contributed by atoms with Gasteiger partial charge in [0, 0.05) is 22.8 Å². The normalized spacial score (nSPS) is 11.9. The van der Waals surface area contributed by atoms with E-state index in [0.29, 0.717) is 5.01 Å². The monoisotopic (exact) mass is 399 g/mol. The average Bonchev–Trinajstić information content (AvgIpc) is 3.14. The van der Waals surface area contributed by atoms with Gasteiger partial charge in [-0.15, -0.1) is 11.3 Å². The highest BCUT2D eigenvalue weighted by atomic mass is 32.1. The van der Waals surface area contributed by atoms with Gasteiger partial charge in [0.1, 0.15) is 16.6 Å². The van der Waals surface area contributed by atoms with Gasteiger partial charge in [0.25, 0.3) is 0 Å². The molecule has 0 atom stereocenters. The Hall–Kier alpha value is -3.11. The van der Waals surface area contributed by atoms with Gasteiger partial charge in [-0.3, -0.25) is 0 Å². The van der Waals surface area contributed by atoms with Crippen LogP contribution in [0.25, 0.3) is 16.8 Å². The fourth-order valence-electron chi connectivity index (χ4n) is 2.51. The number of benzene rings is 2. The largest absolute Gasteiger partial charge is 0.416 e. The molecule has 3 rings (SSSR count). The number of aryl methyl sites for hydroxylation is 2. The summed E-state index contributed by atoms with van der Waals surface area (Å²) in [5.41, 5.74) is 3.77. The van der Waals surface area contributed by atoms with Crippen LogP contribution in [-0.4, -0.2) is 4.98 Å². The number of halogens is 3. The van der Waals surface area contributed by atoms with E-state index in [4.69, 9.17) is 0 Å². The number of aromatic nitrogens is 1. The molecule has 1 aromatic heterocycles. The average molecular weight is 399 g/mol. The van der Waals surface area contributed by atoms with E-state index >= 15 is 0 Å². The van der Waals surface area contributed by atoms with E-state index < -0.39 is 11.7 Å².